The molecule has 2 heterocycles. The first-order chi connectivity index (χ1) is 15.6. The number of methoxy groups -OCH3 is 2. The largest absolute Gasteiger partial charge is 0.495 e. The second-order valence-electron chi connectivity index (χ2n) is 7.66. The van der Waals surface area contributed by atoms with E-state index in [4.69, 9.17) is 25.5 Å². The Labute approximate surface area is 198 Å². The molecule has 1 fully saturated rings. The highest BCUT2D eigenvalue weighted by Crippen LogP contribution is 2.30. The molecule has 1 amide bonds. The quantitative estimate of drug-likeness (QED) is 0.540. The van der Waals surface area contributed by atoms with Crippen molar-refractivity contribution < 1.29 is 31.9 Å². The molecular formula is C22H27ClN2O7S. The third-order valence-electron chi connectivity index (χ3n) is 5.63. The minimum absolute atomic E-state index is 0.0652. The van der Waals surface area contributed by atoms with E-state index in [2.05, 4.69) is 0 Å². The zero-order valence-electron chi connectivity index (χ0n) is 19.0. The van der Waals surface area contributed by atoms with E-state index in [1.807, 2.05) is 6.07 Å². The molecule has 0 radical (unpaired) electrons. The summed E-state index contributed by atoms with van der Waals surface area (Å²) in [6, 6.07) is 5.39. The number of halogens is 1. The molecule has 0 aliphatic carbocycles. The Balaban J connectivity index is 1.64. The van der Waals surface area contributed by atoms with Gasteiger partial charge in [-0.05, 0) is 38.0 Å². The fourth-order valence-electron chi connectivity index (χ4n) is 3.89. The molecule has 3 rings (SSSR count). The van der Waals surface area contributed by atoms with Gasteiger partial charge in [-0.25, -0.2) is 13.2 Å². The van der Waals surface area contributed by atoms with E-state index in [9.17, 15) is 18.0 Å². The third-order valence-corrected chi connectivity index (χ3v) is 7.98. The molecule has 9 nitrogen and oxygen atoms in total. The van der Waals surface area contributed by atoms with Crippen LogP contribution in [0, 0.1) is 13.8 Å². The van der Waals surface area contributed by atoms with Crippen LogP contribution in [-0.4, -0.2) is 69.9 Å². The first-order valence-electron chi connectivity index (χ1n) is 10.4. The van der Waals surface area contributed by atoms with Crippen LogP contribution >= 0.6 is 11.6 Å². The molecule has 1 saturated heterocycles. The van der Waals surface area contributed by atoms with E-state index in [1.54, 1.807) is 17.0 Å². The Morgan fingerprint density at radius 2 is 1.76 bits per heavy atom. The van der Waals surface area contributed by atoms with Crippen molar-refractivity contribution in [2.45, 2.75) is 31.6 Å². The van der Waals surface area contributed by atoms with Crippen LogP contribution in [-0.2, 0) is 26.0 Å². The fraction of sp³-hybridized carbons (Fsp3) is 0.455. The zero-order chi connectivity index (χ0) is 24.3. The third kappa shape index (κ3) is 5.18. The van der Waals surface area contributed by atoms with Crippen molar-refractivity contribution in [2.24, 2.45) is 0 Å². The monoisotopic (exact) mass is 498 g/mol. The maximum Gasteiger partial charge on any atom is 0.342 e. The van der Waals surface area contributed by atoms with Crippen molar-refractivity contribution in [3.05, 3.63) is 45.9 Å². The number of sulfonamides is 1. The molecule has 0 N–H and O–H groups in total. The molecule has 0 bridgehead atoms. The van der Waals surface area contributed by atoms with Gasteiger partial charge in [-0.2, -0.15) is 4.31 Å². The number of aryl methyl sites for hydroxylation is 3. The van der Waals surface area contributed by atoms with Gasteiger partial charge in [0.05, 0.1) is 19.2 Å². The van der Waals surface area contributed by atoms with Crippen LogP contribution in [0.4, 0.5) is 0 Å². The zero-order valence-corrected chi connectivity index (χ0v) is 20.6. The van der Waals surface area contributed by atoms with Crippen LogP contribution in [0.15, 0.2) is 27.5 Å². The number of hydrogen-bond donors (Lipinski definition) is 0. The minimum Gasteiger partial charge on any atom is -0.495 e. The van der Waals surface area contributed by atoms with Gasteiger partial charge in [-0.3, -0.25) is 4.79 Å². The molecule has 1 aliphatic rings. The lowest BCUT2D eigenvalue weighted by Gasteiger charge is -2.34. The first kappa shape index (κ1) is 25.1. The Bertz CT molecular complexity index is 1150. The van der Waals surface area contributed by atoms with Crippen LogP contribution in [0.1, 0.15) is 33.9 Å². The second kappa shape index (κ2) is 10.1. The molecule has 0 saturated carbocycles. The van der Waals surface area contributed by atoms with Gasteiger partial charge in [-0.1, -0.05) is 17.7 Å². The molecule has 1 aromatic carbocycles. The Morgan fingerprint density at radius 1 is 1.09 bits per heavy atom. The van der Waals surface area contributed by atoms with Gasteiger partial charge in [0, 0.05) is 32.6 Å². The van der Waals surface area contributed by atoms with E-state index in [0.717, 1.165) is 5.56 Å². The fourth-order valence-corrected chi connectivity index (χ4v) is 5.97. The van der Waals surface area contributed by atoms with E-state index in [0.29, 0.717) is 17.2 Å². The lowest BCUT2D eigenvalue weighted by molar-refractivity contribution is -0.132. The summed E-state index contributed by atoms with van der Waals surface area (Å²) >= 11 is 6.14. The van der Waals surface area contributed by atoms with Crippen molar-refractivity contribution in [1.29, 1.82) is 0 Å². The number of rotatable bonds is 7. The summed E-state index contributed by atoms with van der Waals surface area (Å²) in [6.45, 7) is 3.76. The number of carbonyl (C=O) groups is 2. The minimum atomic E-state index is -4.00. The lowest BCUT2D eigenvalue weighted by atomic mass is 10.1. The predicted octanol–water partition coefficient (Wildman–Crippen LogP) is 2.81. The van der Waals surface area contributed by atoms with Gasteiger partial charge in [0.25, 0.3) is 0 Å². The van der Waals surface area contributed by atoms with Gasteiger partial charge in [-0.15, -0.1) is 0 Å². The van der Waals surface area contributed by atoms with Crippen LogP contribution in [0.3, 0.4) is 0 Å². The molecule has 0 spiro atoms. The summed E-state index contributed by atoms with van der Waals surface area (Å²) in [5, 5.41) is 0.484. The van der Waals surface area contributed by atoms with E-state index in [-0.39, 0.29) is 60.5 Å². The Morgan fingerprint density at radius 3 is 2.33 bits per heavy atom. The molecule has 0 atom stereocenters. The summed E-state index contributed by atoms with van der Waals surface area (Å²) in [7, 11) is -1.28. The SMILES string of the molecule is COC(=O)c1c(C)oc(C)c1S(=O)(=O)N1CCN(C(=O)CCc2ccc(OC)c(Cl)c2)CC1. The number of carbonyl (C=O) groups excluding carboxylic acids is 2. The summed E-state index contributed by atoms with van der Waals surface area (Å²) in [6.07, 6.45) is 0.791. The summed E-state index contributed by atoms with van der Waals surface area (Å²) in [5.41, 5.74) is 0.822. The summed E-state index contributed by atoms with van der Waals surface area (Å²) < 4.78 is 43.1. The van der Waals surface area contributed by atoms with Crippen molar-refractivity contribution in [1.82, 2.24) is 9.21 Å². The number of amides is 1. The van der Waals surface area contributed by atoms with Gasteiger partial charge >= 0.3 is 5.97 Å². The first-order valence-corrected chi connectivity index (χ1v) is 12.2. The molecule has 1 aliphatic heterocycles. The maximum atomic E-state index is 13.3. The van der Waals surface area contributed by atoms with Crippen LogP contribution in [0.25, 0.3) is 0 Å². The van der Waals surface area contributed by atoms with E-state index in [1.165, 1.54) is 32.4 Å². The highest BCUT2D eigenvalue weighted by Gasteiger charge is 2.37. The molecular weight excluding hydrogens is 472 g/mol. The summed E-state index contributed by atoms with van der Waals surface area (Å²) in [5.74, 6) is 0.0531. The number of furan rings is 1. The average Bonchev–Trinajstić information content (AvgIpc) is 3.11. The highest BCUT2D eigenvalue weighted by molar-refractivity contribution is 7.89. The highest BCUT2D eigenvalue weighted by atomic mass is 35.5. The lowest BCUT2D eigenvalue weighted by Crippen LogP contribution is -2.50. The van der Waals surface area contributed by atoms with Crippen molar-refractivity contribution in [3.8, 4) is 5.75 Å². The topological polar surface area (TPSA) is 106 Å². The van der Waals surface area contributed by atoms with Gasteiger partial charge in [0.15, 0.2) is 0 Å². The Hall–Kier alpha value is -2.56. The normalized spacial score (nSPS) is 14.9. The number of ether oxygens (including phenoxy) is 2. The smallest absolute Gasteiger partial charge is 0.342 e. The predicted molar refractivity (Wildman–Crippen MR) is 121 cm³/mol. The van der Waals surface area contributed by atoms with Gasteiger partial charge in [0.2, 0.25) is 15.9 Å². The number of esters is 1. The van der Waals surface area contributed by atoms with Crippen molar-refractivity contribution >= 4 is 33.5 Å². The van der Waals surface area contributed by atoms with Crippen LogP contribution in [0.5, 0.6) is 5.75 Å². The number of benzene rings is 1. The van der Waals surface area contributed by atoms with Crippen molar-refractivity contribution in [2.75, 3.05) is 40.4 Å². The molecule has 33 heavy (non-hydrogen) atoms. The molecule has 2 aromatic rings. The second-order valence-corrected chi connectivity index (χ2v) is 9.95. The Kier molecular flexibility index (Phi) is 7.71. The molecule has 180 valence electrons. The molecule has 11 heteroatoms. The maximum absolute atomic E-state index is 13.3. The number of piperazine rings is 1. The van der Waals surface area contributed by atoms with Crippen LogP contribution in [0.2, 0.25) is 5.02 Å². The number of hydrogen-bond acceptors (Lipinski definition) is 7. The van der Waals surface area contributed by atoms with Gasteiger partial charge < -0.3 is 18.8 Å². The van der Waals surface area contributed by atoms with Gasteiger partial charge in [0.1, 0.15) is 27.7 Å². The van der Waals surface area contributed by atoms with Crippen molar-refractivity contribution in [3.63, 3.8) is 0 Å². The van der Waals surface area contributed by atoms with Crippen LogP contribution < -0.4 is 4.74 Å². The molecule has 1 aromatic heterocycles. The molecule has 0 unspecified atom stereocenters. The van der Waals surface area contributed by atoms with E-state index >= 15 is 0 Å². The number of nitrogens with zero attached hydrogens (tertiary/aromatic N) is 2. The average molecular weight is 499 g/mol. The van der Waals surface area contributed by atoms with E-state index < -0.39 is 16.0 Å². The standard InChI is InChI=1S/C22H27ClN2O7S/c1-14-20(22(27)31-4)21(15(2)32-14)33(28,29)25-11-9-24(10-12-25)19(26)8-6-16-5-7-18(30-3)17(23)13-16/h5,7,13H,6,8-12H2,1-4H3. The summed E-state index contributed by atoms with van der Waals surface area (Å²) in [4.78, 5) is 26.3.